The van der Waals surface area contributed by atoms with Gasteiger partial charge in [-0.05, 0) is 89.5 Å². The summed E-state index contributed by atoms with van der Waals surface area (Å²) in [6.45, 7) is -2.22. The van der Waals surface area contributed by atoms with E-state index in [9.17, 15) is 101 Å². The molecule has 0 radical (unpaired) electrons. The van der Waals surface area contributed by atoms with Crippen molar-refractivity contribution in [2.24, 2.45) is 0 Å². The minimum Gasteiger partial charge on any atom is -0.469 e. The molecule has 3 heterocycles. The number of benzene rings is 4. The maximum atomic E-state index is 14.5. The van der Waals surface area contributed by atoms with Gasteiger partial charge in [0.1, 0.15) is 53.3 Å². The normalized spacial score (nSPS) is 12.0. The Hall–Kier alpha value is -16.8. The molecule has 0 aliphatic heterocycles. The van der Waals surface area contributed by atoms with E-state index < -0.39 is 219 Å². The average Bonchev–Trinajstić information content (AvgIpc) is 1.24. The smallest absolute Gasteiger partial charge is 0.328 e. The topological polar surface area (TPSA) is 670 Å². The Balaban J connectivity index is 1.20. The molecular weight excluding hydrogens is 1750 g/mol. The van der Waals surface area contributed by atoms with Crippen LogP contribution >= 0.6 is 0 Å². The number of nitrogens with one attached hydrogen (secondary N) is 9. The van der Waals surface area contributed by atoms with Gasteiger partial charge in [-0.1, -0.05) is 15.6 Å². The van der Waals surface area contributed by atoms with E-state index in [1.807, 2.05) is 0 Å². The van der Waals surface area contributed by atoms with E-state index in [0.29, 0.717) is 0 Å². The van der Waals surface area contributed by atoms with Crippen LogP contribution in [0.1, 0.15) is 166 Å². The Labute approximate surface area is 746 Å². The van der Waals surface area contributed by atoms with Gasteiger partial charge in [-0.3, -0.25) is 71.9 Å². The van der Waals surface area contributed by atoms with Crippen molar-refractivity contribution in [3.63, 3.8) is 0 Å². The van der Waals surface area contributed by atoms with E-state index in [1.54, 1.807) is 0 Å². The van der Waals surface area contributed by atoms with Crippen LogP contribution in [0.4, 0.5) is 0 Å². The second-order valence-electron chi connectivity index (χ2n) is 27.8. The van der Waals surface area contributed by atoms with Gasteiger partial charge in [0.2, 0.25) is 0 Å². The van der Waals surface area contributed by atoms with Gasteiger partial charge in [0, 0.05) is 50.1 Å². The maximum Gasteiger partial charge on any atom is 0.328 e. The van der Waals surface area contributed by atoms with Crippen molar-refractivity contribution >= 4 is 125 Å². The molecule has 0 saturated carbocycles. The number of nitrogens with zero attached hydrogens (tertiary/aromatic N) is 9. The van der Waals surface area contributed by atoms with Crippen molar-refractivity contribution < 1.29 is 158 Å². The Morgan fingerprint density at radius 1 is 0.235 bits per heavy atom. The lowest BCUT2D eigenvalue weighted by Crippen LogP contribution is -2.44. The lowest BCUT2D eigenvalue weighted by Gasteiger charge is -2.18. The monoisotopic (exact) mass is 1840 g/mol. The summed E-state index contributed by atoms with van der Waals surface area (Å²) in [5.74, 6) is -20.7. The van der Waals surface area contributed by atoms with Crippen molar-refractivity contribution in [3.8, 4) is 0 Å². The summed E-state index contributed by atoms with van der Waals surface area (Å²) in [5, 5.41) is 46.8. The van der Waals surface area contributed by atoms with Gasteiger partial charge >= 0.3 is 71.6 Å². The van der Waals surface area contributed by atoms with Gasteiger partial charge in [-0.25, -0.2) is 42.8 Å². The average molecular weight is 1840 g/mol. The molecule has 7 rings (SSSR count). The first-order valence-corrected chi connectivity index (χ1v) is 38.7. The van der Waals surface area contributed by atoms with E-state index in [4.69, 9.17) is 28.4 Å². The first-order valence-electron chi connectivity index (χ1n) is 38.7. The zero-order chi connectivity index (χ0) is 97.2. The van der Waals surface area contributed by atoms with Crippen LogP contribution in [0, 0.1) is 0 Å². The molecule has 51 nitrogen and oxygen atoms in total. The molecule has 4 aromatic carbocycles. The standard InChI is InChI=1S/C81H90N18O33/c1-121-61(100)25-55(76(115)127-7)85-70(109)43-13-40(14-44(19-43)71(110)86-56(77(116)128-8)26-62(101)122-2)34-97-37-52(91-94-97)31-82-67(106)49-22-50(68(107)83-32-53-38-98(95-92-53)35-41-15-45(72(111)87-57(78(117)129-9)27-63(102)123-3)20-46(16-41)73(112)88-58(79(118)130-10)28-64(103)124-4)24-51(23-49)69(108)84-33-54-39-99(96-93-54)36-42-17-47(74(113)89-59(80(119)131-11)29-65(104)125-5)21-48(18-42)75(114)90-60(81(120)132-12)30-66(105)126-6/h13-24,37-39,55-60H,25-36H2,1-12H3,(H,82,106)(H,83,107)(H,84,108)(H,85,109)(H,86,110)(H,87,111)(H,88,112)(H,89,113)(H,90,114)/t55-,56-,57-,58-,59-,60-/m0/s1. The Morgan fingerprint density at radius 3 is 0.545 bits per heavy atom. The molecule has 3 aromatic heterocycles. The third kappa shape index (κ3) is 30.2. The Morgan fingerprint density at radius 2 is 0.394 bits per heavy atom. The number of carbonyl (C=O) groups excluding carboxylic acids is 21. The molecule has 0 aliphatic carbocycles. The van der Waals surface area contributed by atoms with E-state index in [1.165, 1.54) is 69.0 Å². The summed E-state index contributed by atoms with van der Waals surface area (Å²) < 4.78 is 60.2. The number of rotatable bonds is 45. The van der Waals surface area contributed by atoms with Gasteiger partial charge in [0.05, 0.1) is 182 Å². The number of hydrogen-bond acceptors (Lipinski definition) is 39. The third-order valence-corrected chi connectivity index (χ3v) is 18.7. The summed E-state index contributed by atoms with van der Waals surface area (Å²) in [7, 11) is 12.2. The molecule has 0 spiro atoms. The maximum absolute atomic E-state index is 14.5. The number of hydrogen-bond donors (Lipinski definition) is 9. The fourth-order valence-electron chi connectivity index (χ4n) is 12.0. The molecular formula is C81H90N18O33. The predicted molar refractivity (Wildman–Crippen MR) is 436 cm³/mol. The number of ether oxygens (including phenoxy) is 12. The predicted octanol–water partition coefficient (Wildman–Crippen LogP) is -3.60. The van der Waals surface area contributed by atoms with E-state index in [-0.39, 0.29) is 103 Å². The van der Waals surface area contributed by atoms with Gasteiger partial charge < -0.3 is 105 Å². The lowest BCUT2D eigenvalue weighted by atomic mass is 10.0. The molecule has 0 saturated heterocycles. The molecule has 0 fully saturated rings. The summed E-state index contributed by atoms with van der Waals surface area (Å²) in [6, 6.07) is 4.54. The minimum atomic E-state index is -1.60. The van der Waals surface area contributed by atoms with Crippen LogP contribution in [0.3, 0.4) is 0 Å². The van der Waals surface area contributed by atoms with Crippen molar-refractivity contribution in [2.45, 2.75) is 114 Å². The van der Waals surface area contributed by atoms with Crippen molar-refractivity contribution in [1.29, 1.82) is 0 Å². The zero-order valence-corrected chi connectivity index (χ0v) is 72.6. The minimum absolute atomic E-state index is 0.0499. The van der Waals surface area contributed by atoms with Crippen molar-refractivity contribution in [2.75, 3.05) is 85.3 Å². The fraction of sp³-hybridized carbons (Fsp3) is 0.370. The number of amides is 9. The molecule has 132 heavy (non-hydrogen) atoms. The largest absolute Gasteiger partial charge is 0.469 e. The number of esters is 12. The Bertz CT molecular complexity index is 4810. The third-order valence-electron chi connectivity index (χ3n) is 18.7. The lowest BCUT2D eigenvalue weighted by molar-refractivity contribution is -0.149. The van der Waals surface area contributed by atoms with E-state index in [0.717, 1.165) is 122 Å². The molecule has 0 aliphatic rings. The van der Waals surface area contributed by atoms with Gasteiger partial charge in [0.15, 0.2) is 0 Å². The summed E-state index contributed by atoms with van der Waals surface area (Å²) in [6.07, 6.45) is -0.0907. The summed E-state index contributed by atoms with van der Waals surface area (Å²) in [5.41, 5.74) is -2.23. The van der Waals surface area contributed by atoms with Crippen LogP contribution in [-0.4, -0.2) is 291 Å². The van der Waals surface area contributed by atoms with Crippen LogP contribution in [0.5, 0.6) is 0 Å². The highest BCUT2D eigenvalue weighted by Crippen LogP contribution is 2.21. The summed E-state index contributed by atoms with van der Waals surface area (Å²) in [4.78, 5) is 277. The van der Waals surface area contributed by atoms with Crippen molar-refractivity contribution in [3.05, 3.63) is 175 Å². The van der Waals surface area contributed by atoms with Crippen LogP contribution in [0.25, 0.3) is 0 Å². The SMILES string of the molecule is COC(=O)C[C@H](NC(=O)c1cc(Cn2cc(CNC(=O)c3cc(C(=O)NCc4cn(Cc5cc(C(=O)N[C@@H](CC(=O)OC)C(=O)OC)cc(C(=O)N[C@@H](CC(=O)OC)C(=O)OC)c5)nn4)cc(C(=O)NCc4cn(Cc5cc(C(=O)N[C@@H](CC(=O)OC)C(=O)OC)cc(C(=O)N[C@@H](CC(=O)OC)C(=O)OC)c5)nn4)c3)nn2)cc(C(=O)N[C@@H](CC(=O)OC)C(=O)OC)c1)C(=O)OC. The van der Waals surface area contributed by atoms with Crippen LogP contribution in [0.2, 0.25) is 0 Å². The highest BCUT2D eigenvalue weighted by atomic mass is 16.6. The van der Waals surface area contributed by atoms with Gasteiger partial charge in [-0.2, -0.15) is 0 Å². The van der Waals surface area contributed by atoms with Crippen LogP contribution < -0.4 is 47.9 Å². The molecule has 0 unspecified atom stereocenters. The number of carbonyl (C=O) groups is 21. The molecule has 6 atom stereocenters. The highest BCUT2D eigenvalue weighted by Gasteiger charge is 2.34. The van der Waals surface area contributed by atoms with Gasteiger partial charge in [0.25, 0.3) is 53.2 Å². The molecule has 0 bridgehead atoms. The van der Waals surface area contributed by atoms with Gasteiger partial charge in [-0.15, -0.1) is 15.3 Å². The number of aromatic nitrogens is 9. The summed E-state index contributed by atoms with van der Waals surface area (Å²) >= 11 is 0. The molecule has 7 aromatic rings. The second-order valence-corrected chi connectivity index (χ2v) is 27.8. The Kier molecular flexibility index (Phi) is 38.2. The molecule has 51 heteroatoms. The quantitative estimate of drug-likeness (QED) is 0.0132. The zero-order valence-electron chi connectivity index (χ0n) is 72.6. The van der Waals surface area contributed by atoms with E-state index >= 15 is 0 Å². The van der Waals surface area contributed by atoms with E-state index in [2.05, 4.69) is 107 Å². The van der Waals surface area contributed by atoms with Crippen LogP contribution in [0.15, 0.2) is 91.4 Å². The second kappa shape index (κ2) is 49.3. The first kappa shape index (κ1) is 102. The molecule has 9 amide bonds. The molecule has 702 valence electrons. The van der Waals surface area contributed by atoms with Crippen LogP contribution in [-0.2, 0) is 154 Å². The molecule has 9 N–H and O–H groups in total. The fourth-order valence-corrected chi connectivity index (χ4v) is 12.0. The highest BCUT2D eigenvalue weighted by molar-refractivity contribution is 6.07. The first-order chi connectivity index (χ1) is 62.9. The van der Waals surface area contributed by atoms with Crippen molar-refractivity contribution in [1.82, 2.24) is 92.8 Å². The number of methoxy groups -OCH3 is 12.